The van der Waals surface area contributed by atoms with Gasteiger partial charge in [0.1, 0.15) is 0 Å². The van der Waals surface area contributed by atoms with Crippen molar-refractivity contribution in [3.05, 3.63) is 23.3 Å². The van der Waals surface area contributed by atoms with Gasteiger partial charge in [0.15, 0.2) is 0 Å². The summed E-state index contributed by atoms with van der Waals surface area (Å²) in [4.78, 5) is 0. The van der Waals surface area contributed by atoms with Crippen molar-refractivity contribution in [2.75, 3.05) is 6.61 Å². The topological polar surface area (TPSA) is 40.5 Å². The van der Waals surface area contributed by atoms with Crippen LogP contribution in [0.3, 0.4) is 0 Å². The Morgan fingerprint density at radius 2 is 2.29 bits per heavy atom. The highest BCUT2D eigenvalue weighted by Gasteiger charge is 2.31. The van der Waals surface area contributed by atoms with E-state index < -0.39 is 5.60 Å². The molecule has 0 aromatic rings. The summed E-state index contributed by atoms with van der Waals surface area (Å²) in [6.07, 6.45) is 9.13. The lowest BCUT2D eigenvalue weighted by atomic mass is 9.76. The lowest BCUT2D eigenvalue weighted by molar-refractivity contribution is -0.0122. The smallest absolute Gasteiger partial charge is 0.0653 e. The molecule has 0 bridgehead atoms. The third kappa shape index (κ3) is 4.64. The summed E-state index contributed by atoms with van der Waals surface area (Å²) in [7, 11) is 0. The molecule has 0 aromatic heterocycles. The summed E-state index contributed by atoms with van der Waals surface area (Å²) in [5.41, 5.74) is 1.86. The second kappa shape index (κ2) is 6.36. The first-order valence-corrected chi connectivity index (χ1v) is 6.60. The highest BCUT2D eigenvalue weighted by atomic mass is 16.3. The van der Waals surface area contributed by atoms with Crippen LogP contribution >= 0.6 is 0 Å². The molecule has 0 spiro atoms. The van der Waals surface area contributed by atoms with Crippen molar-refractivity contribution in [1.82, 2.24) is 0 Å². The molecule has 2 heteroatoms. The first-order valence-electron chi connectivity index (χ1n) is 6.60. The number of allylic oxidation sites excluding steroid dienone is 3. The molecular formula is C15H26O2. The molecule has 0 amide bonds. The SMILES string of the molecule is CC(=CCCC(C)(O)C1CC=C(C)CC1)CO. The molecule has 17 heavy (non-hydrogen) atoms. The Hall–Kier alpha value is -0.600. The second-order valence-corrected chi connectivity index (χ2v) is 5.63. The van der Waals surface area contributed by atoms with Gasteiger partial charge in [0.2, 0.25) is 0 Å². The van der Waals surface area contributed by atoms with Crippen LogP contribution in [0.4, 0.5) is 0 Å². The minimum Gasteiger partial charge on any atom is -0.392 e. The Balaban J connectivity index is 2.45. The van der Waals surface area contributed by atoms with Crippen LogP contribution in [-0.2, 0) is 0 Å². The average Bonchev–Trinajstić information content (AvgIpc) is 2.29. The zero-order chi connectivity index (χ0) is 12.9. The van der Waals surface area contributed by atoms with Gasteiger partial charge < -0.3 is 10.2 Å². The molecule has 0 fully saturated rings. The Morgan fingerprint density at radius 1 is 1.59 bits per heavy atom. The number of hydrogen-bond donors (Lipinski definition) is 2. The van der Waals surface area contributed by atoms with E-state index in [0.29, 0.717) is 5.92 Å². The van der Waals surface area contributed by atoms with Gasteiger partial charge >= 0.3 is 0 Å². The lowest BCUT2D eigenvalue weighted by Crippen LogP contribution is -2.35. The second-order valence-electron chi connectivity index (χ2n) is 5.63. The van der Waals surface area contributed by atoms with Gasteiger partial charge in [-0.2, -0.15) is 0 Å². The number of rotatable bonds is 5. The van der Waals surface area contributed by atoms with Crippen molar-refractivity contribution in [2.45, 2.75) is 58.5 Å². The van der Waals surface area contributed by atoms with Gasteiger partial charge in [-0.05, 0) is 58.8 Å². The predicted molar refractivity (Wildman–Crippen MR) is 71.8 cm³/mol. The van der Waals surface area contributed by atoms with E-state index in [0.717, 1.165) is 37.7 Å². The van der Waals surface area contributed by atoms with Crippen LogP contribution < -0.4 is 0 Å². The third-order valence-corrected chi connectivity index (χ3v) is 3.91. The Morgan fingerprint density at radius 3 is 2.82 bits per heavy atom. The molecule has 2 atom stereocenters. The Kier molecular flexibility index (Phi) is 5.41. The van der Waals surface area contributed by atoms with Crippen LogP contribution in [0.1, 0.15) is 52.9 Å². The van der Waals surface area contributed by atoms with Gasteiger partial charge in [0.25, 0.3) is 0 Å². The van der Waals surface area contributed by atoms with Crippen LogP contribution in [0.15, 0.2) is 23.3 Å². The summed E-state index contributed by atoms with van der Waals surface area (Å²) >= 11 is 0. The van der Waals surface area contributed by atoms with E-state index in [1.54, 1.807) is 0 Å². The van der Waals surface area contributed by atoms with E-state index in [-0.39, 0.29) is 6.61 Å². The minimum absolute atomic E-state index is 0.119. The normalized spacial score (nSPS) is 25.4. The van der Waals surface area contributed by atoms with Gasteiger partial charge in [-0.3, -0.25) is 0 Å². The third-order valence-electron chi connectivity index (χ3n) is 3.91. The molecule has 2 unspecified atom stereocenters. The molecule has 1 aliphatic carbocycles. The van der Waals surface area contributed by atoms with E-state index in [9.17, 15) is 5.11 Å². The van der Waals surface area contributed by atoms with Gasteiger partial charge in [0.05, 0.1) is 12.2 Å². The molecule has 2 nitrogen and oxygen atoms in total. The molecule has 0 saturated heterocycles. The summed E-state index contributed by atoms with van der Waals surface area (Å²) in [6, 6.07) is 0. The highest BCUT2D eigenvalue weighted by Crippen LogP contribution is 2.34. The van der Waals surface area contributed by atoms with Crippen LogP contribution in [0.2, 0.25) is 0 Å². The molecule has 98 valence electrons. The van der Waals surface area contributed by atoms with Crippen molar-refractivity contribution in [2.24, 2.45) is 5.92 Å². The standard InChI is InChI=1S/C15H26O2/c1-12-6-8-14(9-7-12)15(3,17)10-4-5-13(2)11-16/h5-6,14,16-17H,4,7-11H2,1-3H3. The molecule has 0 radical (unpaired) electrons. The monoisotopic (exact) mass is 238 g/mol. The first-order chi connectivity index (χ1) is 7.95. The predicted octanol–water partition coefficient (Wildman–Crippen LogP) is 3.20. The fourth-order valence-electron chi connectivity index (χ4n) is 2.41. The number of aliphatic hydroxyl groups is 2. The molecule has 0 aromatic carbocycles. The maximum absolute atomic E-state index is 10.5. The molecule has 1 rings (SSSR count). The van der Waals surface area contributed by atoms with Crippen molar-refractivity contribution in [3.8, 4) is 0 Å². The van der Waals surface area contributed by atoms with Crippen LogP contribution in [-0.4, -0.2) is 22.4 Å². The fourth-order valence-corrected chi connectivity index (χ4v) is 2.41. The average molecular weight is 238 g/mol. The first kappa shape index (κ1) is 14.5. The fraction of sp³-hybridized carbons (Fsp3) is 0.733. The molecule has 1 aliphatic rings. The van der Waals surface area contributed by atoms with Crippen LogP contribution in [0, 0.1) is 5.92 Å². The quantitative estimate of drug-likeness (QED) is 0.722. The van der Waals surface area contributed by atoms with E-state index in [1.807, 2.05) is 19.9 Å². The Bertz CT molecular complexity index is 300. The number of hydrogen-bond acceptors (Lipinski definition) is 2. The maximum atomic E-state index is 10.5. The van der Waals surface area contributed by atoms with E-state index >= 15 is 0 Å². The van der Waals surface area contributed by atoms with Crippen molar-refractivity contribution < 1.29 is 10.2 Å². The van der Waals surface area contributed by atoms with Crippen LogP contribution in [0.5, 0.6) is 0 Å². The molecule has 0 heterocycles. The molecule has 0 aliphatic heterocycles. The highest BCUT2D eigenvalue weighted by molar-refractivity contribution is 5.06. The molecular weight excluding hydrogens is 212 g/mol. The zero-order valence-electron chi connectivity index (χ0n) is 11.4. The van der Waals surface area contributed by atoms with Crippen molar-refractivity contribution in [3.63, 3.8) is 0 Å². The van der Waals surface area contributed by atoms with Crippen molar-refractivity contribution in [1.29, 1.82) is 0 Å². The van der Waals surface area contributed by atoms with E-state index in [4.69, 9.17) is 5.11 Å². The maximum Gasteiger partial charge on any atom is 0.0653 e. The summed E-state index contributed by atoms with van der Waals surface area (Å²) in [5.74, 6) is 0.383. The van der Waals surface area contributed by atoms with E-state index in [1.165, 1.54) is 5.57 Å². The van der Waals surface area contributed by atoms with Gasteiger partial charge in [-0.25, -0.2) is 0 Å². The Labute approximate surface area is 105 Å². The zero-order valence-corrected chi connectivity index (χ0v) is 11.4. The minimum atomic E-state index is -0.580. The summed E-state index contributed by atoms with van der Waals surface area (Å²) in [6.45, 7) is 6.15. The van der Waals surface area contributed by atoms with Gasteiger partial charge in [0, 0.05) is 0 Å². The molecule has 0 saturated carbocycles. The summed E-state index contributed by atoms with van der Waals surface area (Å²) in [5, 5.41) is 19.4. The molecule has 2 N–H and O–H groups in total. The van der Waals surface area contributed by atoms with Crippen LogP contribution in [0.25, 0.3) is 0 Å². The summed E-state index contributed by atoms with van der Waals surface area (Å²) < 4.78 is 0. The largest absolute Gasteiger partial charge is 0.392 e. The van der Waals surface area contributed by atoms with Gasteiger partial charge in [-0.1, -0.05) is 23.3 Å². The lowest BCUT2D eigenvalue weighted by Gasteiger charge is -2.34. The van der Waals surface area contributed by atoms with E-state index in [2.05, 4.69) is 13.0 Å². The van der Waals surface area contributed by atoms with Gasteiger partial charge in [-0.15, -0.1) is 0 Å². The number of aliphatic hydroxyl groups excluding tert-OH is 1. The van der Waals surface area contributed by atoms with Crippen molar-refractivity contribution >= 4 is 0 Å².